The van der Waals surface area contributed by atoms with Crippen molar-refractivity contribution in [1.82, 2.24) is 9.94 Å². The number of halogens is 1. The van der Waals surface area contributed by atoms with E-state index in [0.29, 0.717) is 16.3 Å². The SMILES string of the molecule is CSc1cccc(C(=O)Br)c1COc1ccn(O)n1. The zero-order valence-corrected chi connectivity index (χ0v) is 12.4. The summed E-state index contributed by atoms with van der Waals surface area (Å²) in [6.45, 7) is 0.209. The van der Waals surface area contributed by atoms with Gasteiger partial charge in [-0.05, 0) is 28.3 Å². The standard InChI is InChI=1S/C12H11BrN2O3S/c1-19-10-4-2-3-8(12(13)16)9(10)7-18-11-5-6-15(17)14-11/h2-6,17H,7H2,1H3. The number of hydrogen-bond donors (Lipinski definition) is 1. The van der Waals surface area contributed by atoms with Gasteiger partial charge in [-0.15, -0.1) is 16.6 Å². The molecule has 0 saturated carbocycles. The summed E-state index contributed by atoms with van der Waals surface area (Å²) in [5.41, 5.74) is 1.36. The van der Waals surface area contributed by atoms with Gasteiger partial charge in [0.25, 0.3) is 0 Å². The fraction of sp³-hybridized carbons (Fsp3) is 0.167. The molecule has 1 N–H and O–H groups in total. The van der Waals surface area contributed by atoms with Crippen molar-refractivity contribution in [1.29, 1.82) is 0 Å². The lowest BCUT2D eigenvalue weighted by Gasteiger charge is -2.11. The average Bonchev–Trinajstić information content (AvgIpc) is 2.81. The second-order valence-corrected chi connectivity index (χ2v) is 5.19. The topological polar surface area (TPSA) is 64.3 Å². The molecule has 1 aromatic carbocycles. The quantitative estimate of drug-likeness (QED) is 0.514. The molecule has 0 aliphatic rings. The lowest BCUT2D eigenvalue weighted by atomic mass is 10.1. The molecular formula is C12H11BrN2O3S. The molecule has 0 fully saturated rings. The van der Waals surface area contributed by atoms with Gasteiger partial charge in [0.1, 0.15) is 6.61 Å². The van der Waals surface area contributed by atoms with Crippen molar-refractivity contribution < 1.29 is 14.7 Å². The summed E-state index contributed by atoms with van der Waals surface area (Å²) in [7, 11) is 0. The maximum atomic E-state index is 11.5. The van der Waals surface area contributed by atoms with Gasteiger partial charge >= 0.3 is 0 Å². The predicted octanol–water partition coefficient (Wildman–Crippen LogP) is 2.96. The van der Waals surface area contributed by atoms with E-state index in [1.807, 2.05) is 18.4 Å². The van der Waals surface area contributed by atoms with Crippen LogP contribution < -0.4 is 4.74 Å². The van der Waals surface area contributed by atoms with Crippen molar-refractivity contribution in [2.75, 3.05) is 6.26 Å². The highest BCUT2D eigenvalue weighted by Gasteiger charge is 2.13. The second-order valence-electron chi connectivity index (χ2n) is 3.62. The fourth-order valence-electron chi connectivity index (χ4n) is 1.61. The molecule has 0 bridgehead atoms. The highest BCUT2D eigenvalue weighted by Crippen LogP contribution is 2.26. The molecule has 2 aromatic rings. The third-order valence-electron chi connectivity index (χ3n) is 2.48. The Morgan fingerprint density at radius 1 is 1.53 bits per heavy atom. The Hall–Kier alpha value is -1.47. The Labute approximate surface area is 122 Å². The molecule has 0 amide bonds. The summed E-state index contributed by atoms with van der Waals surface area (Å²) in [6, 6.07) is 7.02. The minimum atomic E-state index is -0.185. The summed E-state index contributed by atoms with van der Waals surface area (Å²) >= 11 is 4.50. The summed E-state index contributed by atoms with van der Waals surface area (Å²) in [4.78, 5) is 13.2. The van der Waals surface area contributed by atoms with Crippen molar-refractivity contribution in [2.24, 2.45) is 0 Å². The van der Waals surface area contributed by atoms with Crippen LogP contribution in [0.15, 0.2) is 35.4 Å². The Bertz CT molecular complexity index is 600. The first kappa shape index (κ1) is 14.0. The zero-order chi connectivity index (χ0) is 13.8. The van der Waals surface area contributed by atoms with Crippen molar-refractivity contribution >= 4 is 32.4 Å². The van der Waals surface area contributed by atoms with E-state index >= 15 is 0 Å². The van der Waals surface area contributed by atoms with Crippen molar-refractivity contribution in [3.8, 4) is 5.88 Å². The highest BCUT2D eigenvalue weighted by molar-refractivity contribution is 9.18. The van der Waals surface area contributed by atoms with E-state index in [2.05, 4.69) is 21.0 Å². The molecule has 0 radical (unpaired) electrons. The molecule has 0 atom stereocenters. The third kappa shape index (κ3) is 3.30. The molecule has 7 heteroatoms. The van der Waals surface area contributed by atoms with Gasteiger partial charge in [-0.2, -0.15) is 0 Å². The van der Waals surface area contributed by atoms with Gasteiger partial charge < -0.3 is 9.94 Å². The van der Waals surface area contributed by atoms with Gasteiger partial charge in [-0.1, -0.05) is 17.2 Å². The van der Waals surface area contributed by atoms with Gasteiger partial charge in [0.15, 0.2) is 0 Å². The van der Waals surface area contributed by atoms with Crippen LogP contribution >= 0.6 is 27.7 Å². The first-order valence-electron chi connectivity index (χ1n) is 5.35. The van der Waals surface area contributed by atoms with Crippen LogP contribution in [0.5, 0.6) is 5.88 Å². The molecule has 2 rings (SSSR count). The number of ether oxygens (including phenoxy) is 1. The summed E-state index contributed by atoms with van der Waals surface area (Å²) in [5.74, 6) is 0.298. The molecule has 1 heterocycles. The van der Waals surface area contributed by atoms with Crippen LogP contribution in [0.4, 0.5) is 0 Å². The lowest BCUT2D eigenvalue weighted by Crippen LogP contribution is -2.04. The minimum Gasteiger partial charge on any atom is -0.472 e. The summed E-state index contributed by atoms with van der Waals surface area (Å²) < 4.78 is 5.28. The second kappa shape index (κ2) is 6.12. The number of benzene rings is 1. The van der Waals surface area contributed by atoms with Crippen molar-refractivity contribution in [3.05, 3.63) is 41.6 Å². The number of thioether (sulfide) groups is 1. The van der Waals surface area contributed by atoms with E-state index < -0.39 is 0 Å². The third-order valence-corrected chi connectivity index (χ3v) is 3.73. The summed E-state index contributed by atoms with van der Waals surface area (Å²) in [5, 5.41) is 12.8. The number of carbonyl (C=O) groups excluding carboxylic acids is 1. The van der Waals surface area contributed by atoms with Gasteiger partial charge in [0, 0.05) is 22.1 Å². The Kier molecular flexibility index (Phi) is 4.49. The maximum Gasteiger partial charge on any atom is 0.236 e. The van der Waals surface area contributed by atoms with E-state index in [1.165, 1.54) is 24.0 Å². The van der Waals surface area contributed by atoms with Crippen LogP contribution in [0, 0.1) is 0 Å². The van der Waals surface area contributed by atoms with Crippen LogP contribution in [0.25, 0.3) is 0 Å². The molecular weight excluding hydrogens is 332 g/mol. The van der Waals surface area contributed by atoms with E-state index in [-0.39, 0.29) is 11.3 Å². The largest absolute Gasteiger partial charge is 0.472 e. The summed E-state index contributed by atoms with van der Waals surface area (Å²) in [6.07, 6.45) is 3.30. The molecule has 1 aromatic heterocycles. The van der Waals surface area contributed by atoms with E-state index in [4.69, 9.17) is 9.94 Å². The van der Waals surface area contributed by atoms with Gasteiger partial charge in [0.05, 0.1) is 6.20 Å². The number of nitrogens with zero attached hydrogens (tertiary/aromatic N) is 2. The molecule has 0 aliphatic carbocycles. The fourth-order valence-corrected chi connectivity index (χ4v) is 2.61. The first-order chi connectivity index (χ1) is 9.11. The van der Waals surface area contributed by atoms with Crippen LogP contribution in [-0.4, -0.2) is 26.1 Å². The molecule has 0 saturated heterocycles. The average molecular weight is 343 g/mol. The number of aromatic nitrogens is 2. The van der Waals surface area contributed by atoms with E-state index in [9.17, 15) is 4.79 Å². The van der Waals surface area contributed by atoms with Crippen LogP contribution in [0.1, 0.15) is 15.9 Å². The Morgan fingerprint density at radius 2 is 2.32 bits per heavy atom. The van der Waals surface area contributed by atoms with Crippen LogP contribution in [-0.2, 0) is 6.61 Å². The normalized spacial score (nSPS) is 10.4. The highest BCUT2D eigenvalue weighted by atomic mass is 79.9. The van der Waals surface area contributed by atoms with Gasteiger partial charge in [0.2, 0.25) is 10.6 Å². The molecule has 0 spiro atoms. The lowest BCUT2D eigenvalue weighted by molar-refractivity contribution is 0.109. The van der Waals surface area contributed by atoms with Crippen LogP contribution in [0.2, 0.25) is 0 Å². The molecule has 5 nitrogen and oxygen atoms in total. The number of hydrogen-bond acceptors (Lipinski definition) is 5. The monoisotopic (exact) mass is 342 g/mol. The molecule has 19 heavy (non-hydrogen) atoms. The number of rotatable bonds is 5. The Morgan fingerprint density at radius 3 is 2.89 bits per heavy atom. The smallest absolute Gasteiger partial charge is 0.236 e. The number of carbonyl (C=O) groups is 1. The minimum absolute atomic E-state index is 0.185. The Balaban J connectivity index is 2.25. The van der Waals surface area contributed by atoms with Gasteiger partial charge in [-0.3, -0.25) is 4.79 Å². The van der Waals surface area contributed by atoms with Crippen molar-refractivity contribution in [3.63, 3.8) is 0 Å². The first-order valence-corrected chi connectivity index (χ1v) is 7.37. The molecule has 100 valence electrons. The van der Waals surface area contributed by atoms with E-state index in [0.717, 1.165) is 10.5 Å². The van der Waals surface area contributed by atoms with Crippen molar-refractivity contribution in [2.45, 2.75) is 11.5 Å². The molecule has 0 unspecified atom stereocenters. The van der Waals surface area contributed by atoms with E-state index in [1.54, 1.807) is 6.07 Å². The zero-order valence-electron chi connectivity index (χ0n) is 10.0. The predicted molar refractivity (Wildman–Crippen MR) is 75.2 cm³/mol. The molecule has 0 aliphatic heterocycles. The van der Waals surface area contributed by atoms with Crippen LogP contribution in [0.3, 0.4) is 0 Å². The maximum absolute atomic E-state index is 11.5. The van der Waals surface area contributed by atoms with Gasteiger partial charge in [-0.25, -0.2) is 0 Å².